The number of fused-ring (bicyclic) bond motifs is 1. The van der Waals surface area contributed by atoms with Gasteiger partial charge in [-0.3, -0.25) is 14.4 Å². The number of nitrogens with one attached hydrogen (secondary N) is 1. The number of benzene rings is 2. The molecule has 192 valence electrons. The number of aryl methyl sites for hydroxylation is 3. The van der Waals surface area contributed by atoms with Crippen LogP contribution in [0.2, 0.25) is 0 Å². The van der Waals surface area contributed by atoms with Crippen molar-refractivity contribution in [2.75, 3.05) is 13.6 Å². The van der Waals surface area contributed by atoms with Crippen molar-refractivity contribution in [3.8, 4) is 0 Å². The van der Waals surface area contributed by atoms with E-state index in [-0.39, 0.29) is 23.9 Å². The summed E-state index contributed by atoms with van der Waals surface area (Å²) in [6.07, 6.45) is -3.26. The van der Waals surface area contributed by atoms with Crippen LogP contribution < -0.4 is 5.32 Å². The molecule has 2 atom stereocenters. The van der Waals surface area contributed by atoms with Crippen LogP contribution in [0.1, 0.15) is 59.1 Å². The van der Waals surface area contributed by atoms with E-state index in [0.717, 1.165) is 28.6 Å². The number of nitrogens with zero attached hydrogens (tertiary/aromatic N) is 3. The van der Waals surface area contributed by atoms with Gasteiger partial charge in [-0.1, -0.05) is 36.4 Å². The number of likely N-dealkylation sites (N-methyl/N-ethyl adjacent to an activating group) is 1. The second kappa shape index (κ2) is 10.4. The average Bonchev–Trinajstić information content (AvgIpc) is 3.19. The van der Waals surface area contributed by atoms with Gasteiger partial charge in [0.25, 0.3) is 0 Å². The molecule has 0 fully saturated rings. The second-order valence-electron chi connectivity index (χ2n) is 9.04. The molecular weight excluding hydrogens is 472 g/mol. The minimum absolute atomic E-state index is 0.157. The number of amides is 1. The summed E-state index contributed by atoms with van der Waals surface area (Å²) >= 11 is 0. The summed E-state index contributed by atoms with van der Waals surface area (Å²) in [5.41, 5.74) is 3.00. The number of aromatic nitrogens is 2. The van der Waals surface area contributed by atoms with Crippen LogP contribution in [0, 0.1) is 12.7 Å². The first kappa shape index (κ1) is 25.9. The monoisotopic (exact) mass is 502 g/mol. The highest BCUT2D eigenvalue weighted by molar-refractivity contribution is 5.83. The smallest absolute Gasteiger partial charge is 0.358 e. The van der Waals surface area contributed by atoms with Gasteiger partial charge in [0.15, 0.2) is 0 Å². The van der Waals surface area contributed by atoms with Gasteiger partial charge >= 0.3 is 6.18 Å². The molecule has 36 heavy (non-hydrogen) atoms. The van der Waals surface area contributed by atoms with Crippen molar-refractivity contribution >= 4 is 5.91 Å². The highest BCUT2D eigenvalue weighted by Gasteiger charge is 2.39. The van der Waals surface area contributed by atoms with Crippen LogP contribution in [0.25, 0.3) is 0 Å². The molecule has 0 bridgehead atoms. The minimum atomic E-state index is -4.60. The van der Waals surface area contributed by atoms with Crippen LogP contribution in [0.4, 0.5) is 17.6 Å². The molecule has 9 heteroatoms. The third-order valence-corrected chi connectivity index (χ3v) is 6.93. The van der Waals surface area contributed by atoms with Crippen molar-refractivity contribution < 1.29 is 22.4 Å². The zero-order chi connectivity index (χ0) is 26.0. The Morgan fingerprint density at radius 1 is 1.19 bits per heavy atom. The summed E-state index contributed by atoms with van der Waals surface area (Å²) in [5.74, 6) is -1.03. The van der Waals surface area contributed by atoms with Gasteiger partial charge in [-0.05, 0) is 49.9 Å². The van der Waals surface area contributed by atoms with Gasteiger partial charge in [0, 0.05) is 43.9 Å². The Balaban J connectivity index is 1.73. The zero-order valence-corrected chi connectivity index (χ0v) is 20.6. The van der Waals surface area contributed by atoms with Gasteiger partial charge in [-0.2, -0.15) is 18.3 Å². The van der Waals surface area contributed by atoms with E-state index in [1.807, 2.05) is 48.9 Å². The predicted octanol–water partition coefficient (Wildman–Crippen LogP) is 5.39. The normalized spacial score (nSPS) is 17.0. The largest absolute Gasteiger partial charge is 0.416 e. The molecule has 1 aliphatic rings. The van der Waals surface area contributed by atoms with E-state index in [1.165, 1.54) is 6.07 Å². The maximum atomic E-state index is 14.7. The molecule has 0 radical (unpaired) electrons. The standard InChI is InChI=1S/C27H30F4N4O/c1-4-35-23-14-15-34(25(26(36)32-3)19-8-6-5-7-9-19)22(24(23)17(2)33-35)13-11-18-10-12-20(16-21(18)28)27(29,30)31/h5-10,12,16,22,25H,4,11,13-15H2,1-3H3,(H,32,36). The molecule has 1 aromatic heterocycles. The number of halogens is 4. The number of carbonyl (C=O) groups excluding carboxylic acids is 1. The summed E-state index contributed by atoms with van der Waals surface area (Å²) in [6.45, 7) is 5.24. The Morgan fingerprint density at radius 3 is 2.53 bits per heavy atom. The molecular formula is C27H30F4N4O. The third-order valence-electron chi connectivity index (χ3n) is 6.93. The highest BCUT2D eigenvalue weighted by atomic mass is 19.4. The summed E-state index contributed by atoms with van der Waals surface area (Å²) in [7, 11) is 1.60. The maximum Gasteiger partial charge on any atom is 0.416 e. The Labute approximate surface area is 208 Å². The van der Waals surface area contributed by atoms with Gasteiger partial charge < -0.3 is 5.32 Å². The van der Waals surface area contributed by atoms with E-state index in [9.17, 15) is 22.4 Å². The SMILES string of the molecule is CCn1nc(C)c2c1CCN(C(C(=O)NC)c1ccccc1)C2CCc1ccc(C(F)(F)F)cc1F. The van der Waals surface area contributed by atoms with Crippen LogP contribution in [0.15, 0.2) is 48.5 Å². The summed E-state index contributed by atoms with van der Waals surface area (Å²) in [4.78, 5) is 15.3. The van der Waals surface area contributed by atoms with Crippen molar-refractivity contribution in [3.63, 3.8) is 0 Å². The quantitative estimate of drug-likeness (QED) is 0.441. The molecule has 5 nitrogen and oxygen atoms in total. The van der Waals surface area contributed by atoms with Crippen molar-refractivity contribution in [3.05, 3.63) is 88.0 Å². The van der Waals surface area contributed by atoms with Crippen molar-refractivity contribution in [2.45, 2.75) is 57.9 Å². The summed E-state index contributed by atoms with van der Waals surface area (Å²) in [6, 6.07) is 11.3. The van der Waals surface area contributed by atoms with Gasteiger partial charge in [0.05, 0.1) is 11.3 Å². The number of alkyl halides is 3. The second-order valence-corrected chi connectivity index (χ2v) is 9.04. The molecule has 1 amide bonds. The molecule has 0 spiro atoms. The Bertz CT molecular complexity index is 1220. The lowest BCUT2D eigenvalue weighted by Gasteiger charge is -2.41. The van der Waals surface area contributed by atoms with Crippen LogP contribution in [0.5, 0.6) is 0 Å². The fourth-order valence-electron chi connectivity index (χ4n) is 5.26. The molecule has 3 aromatic rings. The first-order valence-corrected chi connectivity index (χ1v) is 12.1. The fourth-order valence-corrected chi connectivity index (χ4v) is 5.26. The molecule has 2 aromatic carbocycles. The Morgan fingerprint density at radius 2 is 1.92 bits per heavy atom. The van der Waals surface area contributed by atoms with Gasteiger partial charge in [0.2, 0.25) is 5.91 Å². The predicted molar refractivity (Wildman–Crippen MR) is 129 cm³/mol. The van der Waals surface area contributed by atoms with Crippen molar-refractivity contribution in [2.24, 2.45) is 0 Å². The number of hydrogen-bond acceptors (Lipinski definition) is 3. The van der Waals surface area contributed by atoms with Crippen LogP contribution in [0.3, 0.4) is 0 Å². The van der Waals surface area contributed by atoms with Crippen LogP contribution in [-0.4, -0.2) is 34.2 Å². The van der Waals surface area contributed by atoms with E-state index >= 15 is 0 Å². The molecule has 1 aliphatic heterocycles. The molecule has 0 saturated heterocycles. The third kappa shape index (κ3) is 5.02. The lowest BCUT2D eigenvalue weighted by atomic mass is 9.88. The zero-order valence-electron chi connectivity index (χ0n) is 20.6. The number of hydrogen-bond donors (Lipinski definition) is 1. The van der Waals surface area contributed by atoms with Crippen LogP contribution >= 0.6 is 0 Å². The number of carbonyl (C=O) groups is 1. The molecule has 4 rings (SSSR count). The fraction of sp³-hybridized carbons (Fsp3) is 0.407. The van der Waals surface area contributed by atoms with Gasteiger partial charge in [0.1, 0.15) is 11.9 Å². The number of rotatable bonds is 7. The highest BCUT2D eigenvalue weighted by Crippen LogP contribution is 2.41. The van der Waals surface area contributed by atoms with Crippen LogP contribution in [-0.2, 0) is 30.4 Å². The molecule has 0 aliphatic carbocycles. The van der Waals surface area contributed by atoms with Gasteiger partial charge in [-0.15, -0.1) is 0 Å². The molecule has 1 N–H and O–H groups in total. The first-order chi connectivity index (χ1) is 17.2. The van der Waals surface area contributed by atoms with Gasteiger partial charge in [-0.25, -0.2) is 4.39 Å². The summed E-state index contributed by atoms with van der Waals surface area (Å²) < 4.78 is 55.7. The van der Waals surface area contributed by atoms with E-state index < -0.39 is 23.6 Å². The lowest BCUT2D eigenvalue weighted by Crippen LogP contribution is -2.45. The topological polar surface area (TPSA) is 50.2 Å². The molecule has 2 unspecified atom stereocenters. The van der Waals surface area contributed by atoms with Crippen molar-refractivity contribution in [1.29, 1.82) is 0 Å². The molecule has 0 saturated carbocycles. The molecule has 2 heterocycles. The van der Waals surface area contributed by atoms with E-state index in [2.05, 4.69) is 10.2 Å². The van der Waals surface area contributed by atoms with E-state index in [4.69, 9.17) is 5.10 Å². The Kier molecular flexibility index (Phi) is 7.49. The van der Waals surface area contributed by atoms with E-state index in [0.29, 0.717) is 32.0 Å². The summed E-state index contributed by atoms with van der Waals surface area (Å²) in [5, 5.41) is 7.47. The van der Waals surface area contributed by atoms with Crippen molar-refractivity contribution in [1.82, 2.24) is 20.0 Å². The van der Waals surface area contributed by atoms with E-state index in [1.54, 1.807) is 7.05 Å². The first-order valence-electron chi connectivity index (χ1n) is 12.1. The lowest BCUT2D eigenvalue weighted by molar-refractivity contribution is -0.137. The Hall–Kier alpha value is -3.20. The minimum Gasteiger partial charge on any atom is -0.358 e. The maximum absolute atomic E-state index is 14.7. The average molecular weight is 503 g/mol.